The summed E-state index contributed by atoms with van der Waals surface area (Å²) in [6.45, 7) is 1.03. The normalized spacial score (nSPS) is 39.4. The first kappa shape index (κ1) is 11.4. The predicted molar refractivity (Wildman–Crippen MR) is 74.2 cm³/mol. The summed E-state index contributed by atoms with van der Waals surface area (Å²) in [5, 5.41) is 9.02. The molecule has 4 bridgehead atoms. The number of rotatable bonds is 2. The molecule has 0 unspecified atom stereocenters. The molecule has 100 valence electrons. The lowest BCUT2D eigenvalue weighted by molar-refractivity contribution is -0.0615. The second kappa shape index (κ2) is 3.79. The Morgan fingerprint density at radius 3 is 2.26 bits per heavy atom. The zero-order valence-electron chi connectivity index (χ0n) is 11.3. The summed E-state index contributed by atoms with van der Waals surface area (Å²) in [7, 11) is 0. The Balaban J connectivity index is 1.62. The largest absolute Gasteiger partial charge is 0.384 e. The van der Waals surface area contributed by atoms with E-state index in [1.165, 1.54) is 38.5 Å². The minimum atomic E-state index is 0.481. The van der Waals surface area contributed by atoms with Gasteiger partial charge in [-0.2, -0.15) is 5.26 Å². The third kappa shape index (κ3) is 1.69. The van der Waals surface area contributed by atoms with Crippen molar-refractivity contribution in [1.82, 2.24) is 4.57 Å². The quantitative estimate of drug-likeness (QED) is 0.882. The van der Waals surface area contributed by atoms with Gasteiger partial charge in [-0.25, -0.2) is 0 Å². The van der Waals surface area contributed by atoms with E-state index in [0.29, 0.717) is 16.8 Å². The van der Waals surface area contributed by atoms with Gasteiger partial charge in [0.2, 0.25) is 0 Å². The Labute approximate surface area is 114 Å². The number of aromatic nitrogens is 1. The van der Waals surface area contributed by atoms with Gasteiger partial charge in [0.15, 0.2) is 0 Å². The summed E-state index contributed by atoms with van der Waals surface area (Å²) >= 11 is 0. The summed E-state index contributed by atoms with van der Waals surface area (Å²) < 4.78 is 2.13. The van der Waals surface area contributed by atoms with Crippen LogP contribution in [0.25, 0.3) is 0 Å². The Morgan fingerprint density at radius 1 is 1.21 bits per heavy atom. The molecule has 0 radical (unpaired) electrons. The molecular formula is C16H21N3. The standard InChI is InChI=1S/C16H21N3/c17-9-14-1-2-19(15(14)18)10-16-6-11-3-12(7-16)5-13(4-11)8-16/h1-2,11-13H,3-8,10,18H2. The van der Waals surface area contributed by atoms with E-state index in [4.69, 9.17) is 11.0 Å². The average Bonchev–Trinajstić information content (AvgIpc) is 2.68. The second-order valence-corrected chi connectivity index (χ2v) is 7.27. The van der Waals surface area contributed by atoms with Crippen LogP contribution in [0.15, 0.2) is 12.3 Å². The molecule has 0 amide bonds. The van der Waals surface area contributed by atoms with E-state index in [9.17, 15) is 0 Å². The minimum Gasteiger partial charge on any atom is -0.384 e. The van der Waals surface area contributed by atoms with Gasteiger partial charge in [0.05, 0.1) is 5.56 Å². The van der Waals surface area contributed by atoms with Gasteiger partial charge in [-0.3, -0.25) is 0 Å². The Hall–Kier alpha value is -1.43. The first-order valence-electron chi connectivity index (χ1n) is 7.52. The number of anilines is 1. The van der Waals surface area contributed by atoms with E-state index < -0.39 is 0 Å². The van der Waals surface area contributed by atoms with E-state index in [2.05, 4.69) is 10.6 Å². The fourth-order valence-electron chi connectivity index (χ4n) is 5.56. The van der Waals surface area contributed by atoms with Gasteiger partial charge in [-0.05, 0) is 67.8 Å². The van der Waals surface area contributed by atoms with Crippen LogP contribution >= 0.6 is 0 Å². The molecular weight excluding hydrogens is 234 g/mol. The van der Waals surface area contributed by atoms with Crippen LogP contribution in [0.5, 0.6) is 0 Å². The summed E-state index contributed by atoms with van der Waals surface area (Å²) in [6.07, 6.45) is 10.6. The van der Waals surface area contributed by atoms with Crippen molar-refractivity contribution in [3.63, 3.8) is 0 Å². The molecule has 3 heteroatoms. The maximum Gasteiger partial charge on any atom is 0.121 e. The number of hydrogen-bond donors (Lipinski definition) is 1. The molecule has 5 rings (SSSR count). The molecule has 4 fully saturated rings. The topological polar surface area (TPSA) is 54.7 Å². The molecule has 1 heterocycles. The number of nitriles is 1. The highest BCUT2D eigenvalue weighted by atomic mass is 15.0. The van der Waals surface area contributed by atoms with Crippen LogP contribution in [0.2, 0.25) is 0 Å². The average molecular weight is 255 g/mol. The molecule has 2 N–H and O–H groups in total. The number of hydrogen-bond acceptors (Lipinski definition) is 2. The van der Waals surface area contributed by atoms with Gasteiger partial charge in [-0.15, -0.1) is 0 Å². The zero-order chi connectivity index (χ0) is 13.0. The van der Waals surface area contributed by atoms with E-state index in [1.54, 1.807) is 0 Å². The van der Waals surface area contributed by atoms with Gasteiger partial charge in [0.25, 0.3) is 0 Å². The van der Waals surface area contributed by atoms with Crippen molar-refractivity contribution in [2.75, 3.05) is 5.73 Å². The van der Waals surface area contributed by atoms with Crippen LogP contribution < -0.4 is 5.73 Å². The molecule has 0 spiro atoms. The lowest BCUT2D eigenvalue weighted by atomic mass is 9.49. The molecule has 0 aliphatic heterocycles. The summed E-state index contributed by atoms with van der Waals surface area (Å²) in [5.41, 5.74) is 7.19. The molecule has 0 atom stereocenters. The number of nitrogen functional groups attached to an aromatic ring is 1. The van der Waals surface area contributed by atoms with Crippen molar-refractivity contribution < 1.29 is 0 Å². The van der Waals surface area contributed by atoms with E-state index in [1.807, 2.05) is 12.3 Å². The summed E-state index contributed by atoms with van der Waals surface area (Å²) in [4.78, 5) is 0. The Morgan fingerprint density at radius 2 is 1.79 bits per heavy atom. The van der Waals surface area contributed by atoms with Crippen molar-refractivity contribution in [2.24, 2.45) is 23.2 Å². The van der Waals surface area contributed by atoms with Gasteiger partial charge in [0, 0.05) is 12.7 Å². The monoisotopic (exact) mass is 255 g/mol. The van der Waals surface area contributed by atoms with Crippen LogP contribution in [0.4, 0.5) is 5.82 Å². The van der Waals surface area contributed by atoms with E-state index in [0.717, 1.165) is 24.3 Å². The first-order valence-corrected chi connectivity index (χ1v) is 7.52. The highest BCUT2D eigenvalue weighted by Crippen LogP contribution is 2.60. The van der Waals surface area contributed by atoms with E-state index in [-0.39, 0.29) is 0 Å². The maximum atomic E-state index is 9.02. The smallest absolute Gasteiger partial charge is 0.121 e. The fraction of sp³-hybridized carbons (Fsp3) is 0.688. The number of nitrogens with two attached hydrogens (primary N) is 1. The van der Waals surface area contributed by atoms with Gasteiger partial charge < -0.3 is 10.3 Å². The molecule has 0 saturated heterocycles. The van der Waals surface area contributed by atoms with Crippen molar-refractivity contribution in [3.8, 4) is 6.07 Å². The Bertz CT molecular complexity index is 514. The fourth-order valence-corrected chi connectivity index (χ4v) is 5.56. The molecule has 4 aliphatic rings. The van der Waals surface area contributed by atoms with Crippen molar-refractivity contribution in [2.45, 2.75) is 45.1 Å². The third-order valence-corrected chi connectivity index (χ3v) is 5.80. The summed E-state index contributed by atoms with van der Waals surface area (Å²) in [5.74, 6) is 3.58. The second-order valence-electron chi connectivity index (χ2n) is 7.27. The third-order valence-electron chi connectivity index (χ3n) is 5.80. The van der Waals surface area contributed by atoms with Gasteiger partial charge in [0.1, 0.15) is 11.9 Å². The van der Waals surface area contributed by atoms with Crippen LogP contribution in [-0.4, -0.2) is 4.57 Å². The first-order chi connectivity index (χ1) is 9.17. The van der Waals surface area contributed by atoms with Gasteiger partial charge in [-0.1, -0.05) is 0 Å². The lowest BCUT2D eigenvalue weighted by Gasteiger charge is -2.57. The lowest BCUT2D eigenvalue weighted by Crippen LogP contribution is -2.47. The van der Waals surface area contributed by atoms with Crippen LogP contribution in [0.3, 0.4) is 0 Å². The SMILES string of the molecule is N#Cc1ccn(CC23CC4CC(CC(C4)C2)C3)c1N. The van der Waals surface area contributed by atoms with Gasteiger partial charge >= 0.3 is 0 Å². The summed E-state index contributed by atoms with van der Waals surface area (Å²) in [6, 6.07) is 4.03. The highest BCUT2D eigenvalue weighted by molar-refractivity contribution is 5.49. The zero-order valence-corrected chi connectivity index (χ0v) is 11.3. The maximum absolute atomic E-state index is 9.02. The molecule has 4 aliphatic carbocycles. The number of nitrogens with zero attached hydrogens (tertiary/aromatic N) is 2. The van der Waals surface area contributed by atoms with Crippen molar-refractivity contribution in [1.29, 1.82) is 5.26 Å². The van der Waals surface area contributed by atoms with Crippen LogP contribution in [0, 0.1) is 34.5 Å². The molecule has 4 saturated carbocycles. The predicted octanol–water partition coefficient (Wildman–Crippen LogP) is 3.16. The van der Waals surface area contributed by atoms with Crippen LogP contribution in [-0.2, 0) is 6.54 Å². The molecule has 1 aromatic heterocycles. The van der Waals surface area contributed by atoms with Crippen molar-refractivity contribution >= 4 is 5.82 Å². The molecule has 19 heavy (non-hydrogen) atoms. The minimum absolute atomic E-state index is 0.481. The molecule has 1 aromatic rings. The Kier molecular flexibility index (Phi) is 2.27. The molecule has 3 nitrogen and oxygen atoms in total. The van der Waals surface area contributed by atoms with Crippen molar-refractivity contribution in [3.05, 3.63) is 17.8 Å². The highest BCUT2D eigenvalue weighted by Gasteiger charge is 2.50. The molecule has 0 aromatic carbocycles. The van der Waals surface area contributed by atoms with E-state index >= 15 is 0 Å². The van der Waals surface area contributed by atoms with Crippen LogP contribution in [0.1, 0.15) is 44.1 Å².